The van der Waals surface area contributed by atoms with Crippen LogP contribution >= 0.6 is 0 Å². The zero-order chi connectivity index (χ0) is 17.6. The second kappa shape index (κ2) is 8.17. The van der Waals surface area contributed by atoms with Gasteiger partial charge < -0.3 is 10.1 Å². The fourth-order valence-electron chi connectivity index (χ4n) is 3.14. The van der Waals surface area contributed by atoms with E-state index in [9.17, 15) is 4.79 Å². The molecular weight excluding hydrogens is 312 g/mol. The van der Waals surface area contributed by atoms with Crippen molar-refractivity contribution in [2.45, 2.75) is 39.3 Å². The molecule has 0 spiro atoms. The fraction of sp³-hybridized carbons (Fsp3) is 0.381. The standard InChI is InChI=1S/C21H26N2O2/c1-16(2)25-20-10-6-5-9-19(20)22-21(24)12-14-23-13-11-17-7-3-4-8-18(17)15-23/h3-10,16H,11-15H2,1-2H3,(H,22,24). The maximum atomic E-state index is 12.3. The number of fused-ring (bicyclic) bond motifs is 1. The van der Waals surface area contributed by atoms with E-state index in [2.05, 4.69) is 34.5 Å². The van der Waals surface area contributed by atoms with Crippen LogP contribution in [0.3, 0.4) is 0 Å². The first kappa shape index (κ1) is 17.5. The van der Waals surface area contributed by atoms with Crippen molar-refractivity contribution in [2.75, 3.05) is 18.4 Å². The number of para-hydroxylation sites is 2. The third-order valence-electron chi connectivity index (χ3n) is 4.39. The highest BCUT2D eigenvalue weighted by Gasteiger charge is 2.17. The monoisotopic (exact) mass is 338 g/mol. The lowest BCUT2D eigenvalue weighted by atomic mass is 10.00. The summed E-state index contributed by atoms with van der Waals surface area (Å²) in [6.45, 7) is 6.67. The number of nitrogens with zero attached hydrogens (tertiary/aromatic N) is 1. The van der Waals surface area contributed by atoms with Gasteiger partial charge in [-0.2, -0.15) is 0 Å². The predicted molar refractivity (Wildman–Crippen MR) is 101 cm³/mol. The van der Waals surface area contributed by atoms with Crippen molar-refractivity contribution >= 4 is 11.6 Å². The Morgan fingerprint density at radius 3 is 2.64 bits per heavy atom. The van der Waals surface area contributed by atoms with Crippen LogP contribution in [0.2, 0.25) is 0 Å². The highest BCUT2D eigenvalue weighted by Crippen LogP contribution is 2.25. The van der Waals surface area contributed by atoms with E-state index in [1.165, 1.54) is 11.1 Å². The summed E-state index contributed by atoms with van der Waals surface area (Å²) in [4.78, 5) is 14.7. The minimum absolute atomic E-state index is 0.0265. The van der Waals surface area contributed by atoms with Crippen molar-refractivity contribution in [1.82, 2.24) is 4.90 Å². The van der Waals surface area contributed by atoms with E-state index in [1.54, 1.807) is 0 Å². The Labute approximate surface area is 149 Å². The molecule has 132 valence electrons. The van der Waals surface area contributed by atoms with E-state index in [-0.39, 0.29) is 12.0 Å². The summed E-state index contributed by atoms with van der Waals surface area (Å²) in [5.41, 5.74) is 3.55. The van der Waals surface area contributed by atoms with Crippen LogP contribution < -0.4 is 10.1 Å². The molecule has 0 fully saturated rings. The normalized spacial score (nSPS) is 14.2. The molecule has 4 nitrogen and oxygen atoms in total. The van der Waals surface area contributed by atoms with Gasteiger partial charge in [0.1, 0.15) is 5.75 Å². The molecule has 0 saturated carbocycles. The molecule has 1 aliphatic heterocycles. The Bertz CT molecular complexity index is 727. The number of anilines is 1. The number of nitrogens with one attached hydrogen (secondary N) is 1. The summed E-state index contributed by atoms with van der Waals surface area (Å²) in [5.74, 6) is 0.747. The fourth-order valence-corrected chi connectivity index (χ4v) is 3.14. The first-order valence-corrected chi connectivity index (χ1v) is 8.96. The number of carbonyl (C=O) groups is 1. The van der Waals surface area contributed by atoms with Gasteiger partial charge >= 0.3 is 0 Å². The van der Waals surface area contributed by atoms with Gasteiger partial charge in [0, 0.05) is 26.1 Å². The second-order valence-corrected chi connectivity index (χ2v) is 6.76. The van der Waals surface area contributed by atoms with Gasteiger partial charge in [-0.25, -0.2) is 0 Å². The smallest absolute Gasteiger partial charge is 0.225 e. The van der Waals surface area contributed by atoms with Crippen LogP contribution in [0, 0.1) is 0 Å². The summed E-state index contributed by atoms with van der Waals surface area (Å²) in [7, 11) is 0. The Balaban J connectivity index is 1.52. The van der Waals surface area contributed by atoms with E-state index in [0.29, 0.717) is 6.42 Å². The van der Waals surface area contributed by atoms with Gasteiger partial charge in [-0.3, -0.25) is 9.69 Å². The number of ether oxygens (including phenoxy) is 1. The molecule has 0 aromatic heterocycles. The number of benzene rings is 2. The van der Waals surface area contributed by atoms with Crippen LogP contribution in [-0.4, -0.2) is 30.0 Å². The van der Waals surface area contributed by atoms with Crippen molar-refractivity contribution < 1.29 is 9.53 Å². The van der Waals surface area contributed by atoms with Gasteiger partial charge in [0.15, 0.2) is 0 Å². The summed E-state index contributed by atoms with van der Waals surface area (Å²) in [6.07, 6.45) is 1.62. The molecule has 0 bridgehead atoms. The molecule has 1 heterocycles. The van der Waals surface area contributed by atoms with Crippen LogP contribution in [0.5, 0.6) is 5.75 Å². The van der Waals surface area contributed by atoms with Crippen LogP contribution in [0.25, 0.3) is 0 Å². The lowest BCUT2D eigenvalue weighted by molar-refractivity contribution is -0.116. The largest absolute Gasteiger partial charge is 0.489 e. The molecular formula is C21H26N2O2. The topological polar surface area (TPSA) is 41.6 Å². The Morgan fingerprint density at radius 1 is 1.12 bits per heavy atom. The third kappa shape index (κ3) is 4.83. The van der Waals surface area contributed by atoms with Crippen molar-refractivity contribution in [3.63, 3.8) is 0 Å². The van der Waals surface area contributed by atoms with Crippen molar-refractivity contribution in [2.24, 2.45) is 0 Å². The molecule has 0 saturated heterocycles. The van der Waals surface area contributed by atoms with Crippen LogP contribution in [-0.2, 0) is 17.8 Å². The minimum atomic E-state index is 0.0265. The highest BCUT2D eigenvalue weighted by molar-refractivity contribution is 5.92. The van der Waals surface area contributed by atoms with E-state index >= 15 is 0 Å². The third-order valence-corrected chi connectivity index (χ3v) is 4.39. The van der Waals surface area contributed by atoms with Gasteiger partial charge in [0.2, 0.25) is 5.91 Å². The molecule has 2 aromatic rings. The average molecular weight is 338 g/mol. The lowest BCUT2D eigenvalue weighted by Crippen LogP contribution is -2.33. The Morgan fingerprint density at radius 2 is 1.84 bits per heavy atom. The van der Waals surface area contributed by atoms with Crippen LogP contribution in [0.1, 0.15) is 31.4 Å². The van der Waals surface area contributed by atoms with Crippen molar-refractivity contribution in [3.8, 4) is 5.75 Å². The Kier molecular flexibility index (Phi) is 5.71. The molecule has 1 amide bonds. The van der Waals surface area contributed by atoms with Gasteiger partial charge in [-0.15, -0.1) is 0 Å². The van der Waals surface area contributed by atoms with E-state index in [1.807, 2.05) is 38.1 Å². The van der Waals surface area contributed by atoms with E-state index in [0.717, 1.165) is 37.5 Å². The molecule has 1 aliphatic rings. The van der Waals surface area contributed by atoms with Gasteiger partial charge in [0.05, 0.1) is 11.8 Å². The molecule has 1 N–H and O–H groups in total. The average Bonchev–Trinajstić information content (AvgIpc) is 2.61. The molecule has 25 heavy (non-hydrogen) atoms. The zero-order valence-electron chi connectivity index (χ0n) is 15.0. The number of rotatable bonds is 6. The molecule has 0 aliphatic carbocycles. The van der Waals surface area contributed by atoms with Gasteiger partial charge in [0.25, 0.3) is 0 Å². The lowest BCUT2D eigenvalue weighted by Gasteiger charge is -2.28. The molecule has 4 heteroatoms. The number of carbonyl (C=O) groups excluding carboxylic acids is 1. The zero-order valence-corrected chi connectivity index (χ0v) is 15.0. The number of hydrogen-bond acceptors (Lipinski definition) is 3. The maximum Gasteiger partial charge on any atom is 0.225 e. The van der Waals surface area contributed by atoms with Crippen LogP contribution in [0.4, 0.5) is 5.69 Å². The molecule has 0 atom stereocenters. The van der Waals surface area contributed by atoms with Gasteiger partial charge in [-0.05, 0) is 43.5 Å². The molecule has 0 unspecified atom stereocenters. The summed E-state index contributed by atoms with van der Waals surface area (Å²) < 4.78 is 5.75. The number of hydrogen-bond donors (Lipinski definition) is 1. The predicted octanol–water partition coefficient (Wildman–Crippen LogP) is 3.86. The SMILES string of the molecule is CC(C)Oc1ccccc1NC(=O)CCN1CCc2ccccc2C1. The maximum absolute atomic E-state index is 12.3. The minimum Gasteiger partial charge on any atom is -0.489 e. The first-order valence-electron chi connectivity index (χ1n) is 8.96. The van der Waals surface area contributed by atoms with E-state index < -0.39 is 0 Å². The quantitative estimate of drug-likeness (QED) is 0.869. The first-order chi connectivity index (χ1) is 12.1. The molecule has 3 rings (SSSR count). The van der Waals surface area contributed by atoms with Crippen LogP contribution in [0.15, 0.2) is 48.5 Å². The molecule has 2 aromatic carbocycles. The highest BCUT2D eigenvalue weighted by atomic mass is 16.5. The van der Waals surface area contributed by atoms with Crippen molar-refractivity contribution in [3.05, 3.63) is 59.7 Å². The second-order valence-electron chi connectivity index (χ2n) is 6.76. The molecule has 0 radical (unpaired) electrons. The van der Waals surface area contributed by atoms with E-state index in [4.69, 9.17) is 4.74 Å². The summed E-state index contributed by atoms with van der Waals surface area (Å²) in [6, 6.07) is 16.2. The van der Waals surface area contributed by atoms with Gasteiger partial charge in [-0.1, -0.05) is 36.4 Å². The Hall–Kier alpha value is -2.33. The summed E-state index contributed by atoms with van der Waals surface area (Å²) >= 11 is 0. The van der Waals surface area contributed by atoms with Crippen molar-refractivity contribution in [1.29, 1.82) is 0 Å². The summed E-state index contributed by atoms with van der Waals surface area (Å²) in [5, 5.41) is 2.98. The number of amides is 1.